The molecule has 0 spiro atoms. The molecule has 0 aliphatic carbocycles. The van der Waals surface area contributed by atoms with Crippen LogP contribution in [-0.2, 0) is 17.8 Å². The molecule has 0 atom stereocenters. The highest BCUT2D eigenvalue weighted by atomic mass is 16.5. The number of ether oxygens (including phenoxy) is 1. The van der Waals surface area contributed by atoms with Gasteiger partial charge in [0.05, 0.1) is 6.54 Å². The van der Waals surface area contributed by atoms with E-state index in [0.717, 1.165) is 17.6 Å². The molecule has 1 aromatic carbocycles. The van der Waals surface area contributed by atoms with Gasteiger partial charge in [0.1, 0.15) is 12.0 Å². The van der Waals surface area contributed by atoms with Crippen LogP contribution in [0.2, 0.25) is 0 Å². The van der Waals surface area contributed by atoms with E-state index >= 15 is 0 Å². The molecule has 1 N–H and O–H groups in total. The van der Waals surface area contributed by atoms with Gasteiger partial charge in [-0.1, -0.05) is 18.2 Å². The molecule has 0 radical (unpaired) electrons. The summed E-state index contributed by atoms with van der Waals surface area (Å²) in [7, 11) is 0. The molecule has 0 saturated heterocycles. The van der Waals surface area contributed by atoms with Crippen LogP contribution in [0.1, 0.15) is 17.0 Å². The molecular formula is C19H18N2O4. The van der Waals surface area contributed by atoms with Crippen LogP contribution in [0.25, 0.3) is 10.9 Å². The van der Waals surface area contributed by atoms with Gasteiger partial charge in [-0.2, -0.15) is 0 Å². The number of carbonyl (C=O) groups excluding carboxylic acids is 1. The van der Waals surface area contributed by atoms with Gasteiger partial charge in [0.25, 0.3) is 5.91 Å². The zero-order valence-electron chi connectivity index (χ0n) is 13.9. The summed E-state index contributed by atoms with van der Waals surface area (Å²) < 4.78 is 10.5. The number of para-hydroxylation sites is 1. The van der Waals surface area contributed by atoms with Gasteiger partial charge in [-0.15, -0.1) is 0 Å². The van der Waals surface area contributed by atoms with Gasteiger partial charge in [-0.25, -0.2) is 0 Å². The Morgan fingerprint density at radius 3 is 3.04 bits per heavy atom. The van der Waals surface area contributed by atoms with Gasteiger partial charge in [-0.05, 0) is 25.0 Å². The Morgan fingerprint density at radius 1 is 1.36 bits per heavy atom. The molecule has 6 heteroatoms. The van der Waals surface area contributed by atoms with E-state index in [4.69, 9.17) is 9.15 Å². The van der Waals surface area contributed by atoms with Crippen molar-refractivity contribution in [3.63, 3.8) is 0 Å². The van der Waals surface area contributed by atoms with E-state index in [2.05, 4.69) is 11.1 Å². The molecule has 1 aliphatic heterocycles. The van der Waals surface area contributed by atoms with Crippen LogP contribution in [0, 0.1) is 6.92 Å². The summed E-state index contributed by atoms with van der Waals surface area (Å²) in [6.07, 6.45) is 2.05. The zero-order valence-corrected chi connectivity index (χ0v) is 13.9. The van der Waals surface area contributed by atoms with Crippen LogP contribution in [0.5, 0.6) is 5.75 Å². The third kappa shape index (κ3) is 2.91. The summed E-state index contributed by atoms with van der Waals surface area (Å²) in [5, 5.41) is 1.22. The maximum Gasteiger partial charge on any atom is 0.260 e. The second-order valence-corrected chi connectivity index (χ2v) is 6.20. The number of hydrogen-bond donors (Lipinski definition) is 1. The lowest BCUT2D eigenvalue weighted by molar-refractivity contribution is -0.134. The molecule has 128 valence electrons. The summed E-state index contributed by atoms with van der Waals surface area (Å²) in [6, 6.07) is 9.50. The number of fused-ring (bicyclic) bond motifs is 3. The van der Waals surface area contributed by atoms with Crippen molar-refractivity contribution in [3.05, 3.63) is 63.8 Å². The number of carbonyl (C=O) groups is 1. The molecule has 1 amide bonds. The van der Waals surface area contributed by atoms with Crippen molar-refractivity contribution in [1.82, 2.24) is 9.88 Å². The molecule has 2 aromatic heterocycles. The van der Waals surface area contributed by atoms with Crippen LogP contribution in [0.3, 0.4) is 0 Å². The standard InChI is InChI=1S/C19H18N2O4/c1-12-8-17(22)18(10-24-12)25-11-19(23)21-7-6-14-13-4-2-3-5-15(13)20-16(14)9-21/h2-5,8,10,20H,6-7,9,11H2,1H3. The number of rotatable bonds is 3. The normalized spacial score (nSPS) is 13.7. The number of aromatic nitrogens is 1. The Morgan fingerprint density at radius 2 is 2.20 bits per heavy atom. The maximum atomic E-state index is 12.4. The van der Waals surface area contributed by atoms with Crippen LogP contribution >= 0.6 is 0 Å². The summed E-state index contributed by atoms with van der Waals surface area (Å²) in [4.78, 5) is 29.3. The maximum absolute atomic E-state index is 12.4. The summed E-state index contributed by atoms with van der Waals surface area (Å²) in [5.41, 5.74) is 3.15. The average Bonchev–Trinajstić information content (AvgIpc) is 2.98. The van der Waals surface area contributed by atoms with E-state index in [0.29, 0.717) is 18.8 Å². The third-order valence-corrected chi connectivity index (χ3v) is 4.52. The van der Waals surface area contributed by atoms with Gasteiger partial charge < -0.3 is 19.0 Å². The SMILES string of the molecule is Cc1cc(=O)c(OCC(=O)N2CCc3c([nH]c4ccccc34)C2)co1. The van der Waals surface area contributed by atoms with Crippen molar-refractivity contribution >= 4 is 16.8 Å². The minimum absolute atomic E-state index is 0.0576. The number of benzene rings is 1. The third-order valence-electron chi connectivity index (χ3n) is 4.52. The summed E-state index contributed by atoms with van der Waals surface area (Å²) in [5.74, 6) is 0.414. The molecule has 1 aliphatic rings. The highest BCUT2D eigenvalue weighted by Crippen LogP contribution is 2.27. The lowest BCUT2D eigenvalue weighted by atomic mass is 10.0. The number of nitrogens with one attached hydrogen (secondary N) is 1. The fourth-order valence-corrected chi connectivity index (χ4v) is 3.24. The Hall–Kier alpha value is -3.02. The smallest absolute Gasteiger partial charge is 0.260 e. The van der Waals surface area contributed by atoms with Crippen molar-refractivity contribution in [1.29, 1.82) is 0 Å². The first-order valence-electron chi connectivity index (χ1n) is 8.20. The predicted octanol–water partition coefficient (Wildman–Crippen LogP) is 2.39. The number of nitrogens with zero attached hydrogens (tertiary/aromatic N) is 1. The first kappa shape index (κ1) is 15.5. The van der Waals surface area contributed by atoms with Gasteiger partial charge in [0.2, 0.25) is 11.2 Å². The number of aryl methyl sites for hydroxylation is 1. The molecule has 3 aromatic rings. The molecule has 0 unspecified atom stereocenters. The lowest BCUT2D eigenvalue weighted by Crippen LogP contribution is -2.39. The first-order valence-corrected chi connectivity index (χ1v) is 8.20. The minimum Gasteiger partial charge on any atom is -0.477 e. The van der Waals surface area contributed by atoms with Crippen molar-refractivity contribution in [3.8, 4) is 5.75 Å². The highest BCUT2D eigenvalue weighted by Gasteiger charge is 2.24. The second-order valence-electron chi connectivity index (χ2n) is 6.20. The van der Waals surface area contributed by atoms with E-state index in [1.165, 1.54) is 23.3 Å². The molecular weight excluding hydrogens is 320 g/mol. The van der Waals surface area contributed by atoms with E-state index in [1.54, 1.807) is 11.8 Å². The number of hydrogen-bond acceptors (Lipinski definition) is 4. The first-order chi connectivity index (χ1) is 12.1. The van der Waals surface area contributed by atoms with Gasteiger partial charge >= 0.3 is 0 Å². The van der Waals surface area contributed by atoms with Crippen molar-refractivity contribution < 1.29 is 13.9 Å². The van der Waals surface area contributed by atoms with Crippen molar-refractivity contribution in [2.45, 2.75) is 19.9 Å². The van der Waals surface area contributed by atoms with Gasteiger partial charge in [0, 0.05) is 29.2 Å². The average molecular weight is 338 g/mol. The van der Waals surface area contributed by atoms with Gasteiger partial charge in [-0.3, -0.25) is 9.59 Å². The monoisotopic (exact) mass is 338 g/mol. The summed E-state index contributed by atoms with van der Waals surface area (Å²) >= 11 is 0. The molecule has 0 fully saturated rings. The fourth-order valence-electron chi connectivity index (χ4n) is 3.24. The predicted molar refractivity (Wildman–Crippen MR) is 92.6 cm³/mol. The fraction of sp³-hybridized carbons (Fsp3) is 0.263. The van der Waals surface area contributed by atoms with E-state index in [-0.39, 0.29) is 23.7 Å². The Kier molecular flexibility index (Phi) is 3.80. The van der Waals surface area contributed by atoms with E-state index in [1.807, 2.05) is 18.2 Å². The zero-order chi connectivity index (χ0) is 17.4. The number of H-pyrrole nitrogens is 1. The Balaban J connectivity index is 1.46. The van der Waals surface area contributed by atoms with Crippen LogP contribution in [0.15, 0.2) is 45.8 Å². The number of aromatic amines is 1. The summed E-state index contributed by atoms with van der Waals surface area (Å²) in [6.45, 7) is 2.67. The molecule has 0 bridgehead atoms. The second kappa shape index (κ2) is 6.12. The number of amides is 1. The largest absolute Gasteiger partial charge is 0.477 e. The topological polar surface area (TPSA) is 75.5 Å². The van der Waals surface area contributed by atoms with Crippen LogP contribution in [-0.4, -0.2) is 28.9 Å². The molecule has 0 saturated carbocycles. The Labute approximate surface area is 144 Å². The van der Waals surface area contributed by atoms with Crippen molar-refractivity contribution in [2.75, 3.05) is 13.2 Å². The van der Waals surface area contributed by atoms with E-state index < -0.39 is 0 Å². The lowest BCUT2D eigenvalue weighted by Gasteiger charge is -2.27. The van der Waals surface area contributed by atoms with Crippen LogP contribution < -0.4 is 10.2 Å². The molecule has 6 nitrogen and oxygen atoms in total. The Bertz CT molecular complexity index is 1000. The van der Waals surface area contributed by atoms with E-state index in [9.17, 15) is 9.59 Å². The molecule has 3 heterocycles. The minimum atomic E-state index is -0.284. The van der Waals surface area contributed by atoms with Crippen molar-refractivity contribution in [2.24, 2.45) is 0 Å². The highest BCUT2D eigenvalue weighted by molar-refractivity contribution is 5.85. The quantitative estimate of drug-likeness (QED) is 0.796. The van der Waals surface area contributed by atoms with Gasteiger partial charge in [0.15, 0.2) is 6.61 Å². The molecule has 25 heavy (non-hydrogen) atoms. The van der Waals surface area contributed by atoms with Crippen LogP contribution in [0.4, 0.5) is 0 Å². The molecule has 4 rings (SSSR count).